The predicted molar refractivity (Wildman–Crippen MR) is 97.8 cm³/mol. The molecular formula is C20H20FN3O2. The molecule has 1 heterocycles. The van der Waals surface area contributed by atoms with Crippen LogP contribution in [0.5, 0.6) is 0 Å². The number of nitrogens with one attached hydrogen (secondary N) is 2. The van der Waals surface area contributed by atoms with Gasteiger partial charge in [-0.2, -0.15) is 0 Å². The number of hydrogen-bond donors (Lipinski definition) is 2. The van der Waals surface area contributed by atoms with E-state index in [9.17, 15) is 14.0 Å². The number of fused-ring (bicyclic) bond motifs is 1. The molecule has 0 aliphatic heterocycles. The van der Waals surface area contributed by atoms with E-state index in [1.165, 1.54) is 16.7 Å². The largest absolute Gasteiger partial charge is 0.349 e. The van der Waals surface area contributed by atoms with Crippen molar-refractivity contribution < 1.29 is 9.18 Å². The number of carbonyl (C=O) groups is 1. The van der Waals surface area contributed by atoms with Gasteiger partial charge >= 0.3 is 5.69 Å². The van der Waals surface area contributed by atoms with Crippen molar-refractivity contribution in [2.24, 2.45) is 7.05 Å². The molecule has 0 radical (unpaired) electrons. The van der Waals surface area contributed by atoms with Crippen molar-refractivity contribution in [1.29, 1.82) is 0 Å². The average molecular weight is 353 g/mol. The van der Waals surface area contributed by atoms with Crippen molar-refractivity contribution in [1.82, 2.24) is 14.9 Å². The Labute approximate surface area is 149 Å². The van der Waals surface area contributed by atoms with Gasteiger partial charge < -0.3 is 10.3 Å². The summed E-state index contributed by atoms with van der Waals surface area (Å²) in [6.07, 6.45) is 2.73. The zero-order valence-electron chi connectivity index (χ0n) is 14.5. The molecule has 1 aromatic heterocycles. The smallest absolute Gasteiger partial charge is 0.326 e. The first-order valence-corrected chi connectivity index (χ1v) is 8.76. The molecule has 0 saturated heterocycles. The van der Waals surface area contributed by atoms with Crippen LogP contribution in [0.3, 0.4) is 0 Å². The quantitative estimate of drug-likeness (QED) is 0.760. The second kappa shape index (κ2) is 6.44. The van der Waals surface area contributed by atoms with E-state index in [1.54, 1.807) is 25.2 Å². The van der Waals surface area contributed by atoms with Crippen molar-refractivity contribution in [3.63, 3.8) is 0 Å². The molecule has 1 fully saturated rings. The molecule has 3 aromatic rings. The first-order valence-electron chi connectivity index (χ1n) is 8.76. The maximum Gasteiger partial charge on any atom is 0.326 e. The first kappa shape index (κ1) is 16.6. The summed E-state index contributed by atoms with van der Waals surface area (Å²) in [6, 6.07) is 11.9. The number of hydrogen-bond acceptors (Lipinski definition) is 2. The number of H-pyrrole nitrogens is 1. The number of imidazole rings is 1. The van der Waals surface area contributed by atoms with E-state index in [0.29, 0.717) is 22.5 Å². The summed E-state index contributed by atoms with van der Waals surface area (Å²) in [5.41, 5.74) is 2.88. The minimum Gasteiger partial charge on any atom is -0.349 e. The van der Waals surface area contributed by atoms with Crippen LogP contribution >= 0.6 is 0 Å². The van der Waals surface area contributed by atoms with Crippen molar-refractivity contribution in [3.8, 4) is 0 Å². The molecule has 0 bridgehead atoms. The highest BCUT2D eigenvalue weighted by Gasteiger charge is 2.27. The number of rotatable bonds is 3. The maximum absolute atomic E-state index is 13.1. The molecule has 26 heavy (non-hydrogen) atoms. The Balaban J connectivity index is 1.46. The van der Waals surface area contributed by atoms with Gasteiger partial charge in [0.1, 0.15) is 5.82 Å². The molecule has 1 amide bonds. The van der Waals surface area contributed by atoms with Gasteiger partial charge in [0.15, 0.2) is 0 Å². The van der Waals surface area contributed by atoms with Crippen LogP contribution in [-0.2, 0) is 7.05 Å². The Kier molecular flexibility index (Phi) is 4.11. The highest BCUT2D eigenvalue weighted by Crippen LogP contribution is 2.34. The van der Waals surface area contributed by atoms with Crippen molar-refractivity contribution in [3.05, 3.63) is 69.9 Å². The summed E-state index contributed by atoms with van der Waals surface area (Å²) in [4.78, 5) is 27.0. The summed E-state index contributed by atoms with van der Waals surface area (Å²) in [6.45, 7) is 0. The lowest BCUT2D eigenvalue weighted by atomic mass is 9.97. The lowest BCUT2D eigenvalue weighted by Gasteiger charge is -2.14. The maximum atomic E-state index is 13.1. The molecule has 134 valence electrons. The van der Waals surface area contributed by atoms with Crippen LogP contribution in [0.25, 0.3) is 11.0 Å². The molecule has 1 aliphatic rings. The molecule has 2 unspecified atom stereocenters. The number of benzene rings is 2. The van der Waals surface area contributed by atoms with Gasteiger partial charge in [-0.25, -0.2) is 9.18 Å². The van der Waals surface area contributed by atoms with Crippen molar-refractivity contribution in [2.45, 2.75) is 31.2 Å². The fourth-order valence-electron chi connectivity index (χ4n) is 3.78. The van der Waals surface area contributed by atoms with Crippen LogP contribution in [0.1, 0.15) is 41.1 Å². The van der Waals surface area contributed by atoms with Gasteiger partial charge in [0.25, 0.3) is 5.91 Å². The molecule has 6 heteroatoms. The summed E-state index contributed by atoms with van der Waals surface area (Å²) in [5, 5.41) is 3.09. The molecule has 2 aromatic carbocycles. The Morgan fingerprint density at radius 3 is 2.73 bits per heavy atom. The van der Waals surface area contributed by atoms with Crippen LogP contribution in [0.2, 0.25) is 0 Å². The second-order valence-corrected chi connectivity index (χ2v) is 6.95. The zero-order valence-corrected chi connectivity index (χ0v) is 14.5. The third-order valence-electron chi connectivity index (χ3n) is 5.28. The van der Waals surface area contributed by atoms with E-state index in [0.717, 1.165) is 24.8 Å². The molecule has 5 nitrogen and oxygen atoms in total. The molecular weight excluding hydrogens is 333 g/mol. The minimum absolute atomic E-state index is 0.100. The zero-order chi connectivity index (χ0) is 18.3. The highest BCUT2D eigenvalue weighted by atomic mass is 19.1. The molecule has 2 N–H and O–H groups in total. The topological polar surface area (TPSA) is 66.9 Å². The van der Waals surface area contributed by atoms with Crippen molar-refractivity contribution in [2.75, 3.05) is 0 Å². The highest BCUT2D eigenvalue weighted by molar-refractivity contribution is 5.97. The van der Waals surface area contributed by atoms with E-state index in [1.807, 2.05) is 12.1 Å². The Bertz CT molecular complexity index is 1020. The third-order valence-corrected chi connectivity index (χ3v) is 5.28. The number of aromatic nitrogens is 2. The van der Waals surface area contributed by atoms with Crippen LogP contribution < -0.4 is 11.0 Å². The van der Waals surface area contributed by atoms with Gasteiger partial charge in [-0.05, 0) is 61.1 Å². The summed E-state index contributed by atoms with van der Waals surface area (Å²) >= 11 is 0. The van der Waals surface area contributed by atoms with Crippen LogP contribution in [0.15, 0.2) is 47.3 Å². The van der Waals surface area contributed by atoms with Gasteiger partial charge in [-0.3, -0.25) is 9.36 Å². The van der Waals surface area contributed by atoms with Gasteiger partial charge in [0.2, 0.25) is 0 Å². The van der Waals surface area contributed by atoms with E-state index in [4.69, 9.17) is 0 Å². The lowest BCUT2D eigenvalue weighted by molar-refractivity contribution is 0.0937. The van der Waals surface area contributed by atoms with E-state index >= 15 is 0 Å². The van der Waals surface area contributed by atoms with E-state index in [2.05, 4.69) is 10.3 Å². The molecule has 2 atom stereocenters. The number of amides is 1. The van der Waals surface area contributed by atoms with Gasteiger partial charge in [0.05, 0.1) is 11.0 Å². The molecule has 4 rings (SSSR count). The van der Waals surface area contributed by atoms with Gasteiger partial charge in [-0.15, -0.1) is 0 Å². The van der Waals surface area contributed by atoms with E-state index in [-0.39, 0.29) is 23.5 Å². The fourth-order valence-corrected chi connectivity index (χ4v) is 3.78. The number of carbonyl (C=O) groups excluding carboxylic acids is 1. The predicted octanol–water partition coefficient (Wildman–Crippen LogP) is 3.07. The molecule has 0 spiro atoms. The number of nitrogens with zero attached hydrogens (tertiary/aromatic N) is 1. The third kappa shape index (κ3) is 3.03. The SMILES string of the molecule is Cn1c(=O)[nH]c2ccc(C(=O)NC3CCC(c4ccc(F)cc4)C3)cc21. The average Bonchev–Trinajstić information content (AvgIpc) is 3.20. The van der Waals surface area contributed by atoms with Gasteiger partial charge in [-0.1, -0.05) is 12.1 Å². The molecule has 1 saturated carbocycles. The Morgan fingerprint density at radius 2 is 1.96 bits per heavy atom. The summed E-state index contributed by atoms with van der Waals surface area (Å²) in [5.74, 6) is -0.0228. The monoisotopic (exact) mass is 353 g/mol. The van der Waals surface area contributed by atoms with Gasteiger partial charge in [0, 0.05) is 18.7 Å². The van der Waals surface area contributed by atoms with Crippen LogP contribution in [0, 0.1) is 5.82 Å². The Morgan fingerprint density at radius 1 is 1.19 bits per heavy atom. The fraction of sp³-hybridized carbons (Fsp3) is 0.300. The second-order valence-electron chi connectivity index (χ2n) is 6.95. The van der Waals surface area contributed by atoms with E-state index < -0.39 is 0 Å². The number of halogens is 1. The summed E-state index contributed by atoms with van der Waals surface area (Å²) < 4.78 is 14.6. The first-order chi connectivity index (χ1) is 12.5. The minimum atomic E-state index is -0.230. The molecule has 1 aliphatic carbocycles. The lowest BCUT2D eigenvalue weighted by Crippen LogP contribution is -2.32. The van der Waals surface area contributed by atoms with Crippen LogP contribution in [-0.4, -0.2) is 21.5 Å². The summed E-state index contributed by atoms with van der Waals surface area (Å²) in [7, 11) is 1.67. The van der Waals surface area contributed by atoms with Crippen molar-refractivity contribution >= 4 is 16.9 Å². The normalized spacial score (nSPS) is 19.8. The standard InChI is InChI=1S/C20H20FN3O2/c1-24-18-11-14(5-9-17(18)23-20(24)26)19(25)22-16-8-4-13(10-16)12-2-6-15(21)7-3-12/h2-3,5-7,9,11,13,16H,4,8,10H2,1H3,(H,22,25)(H,23,26). The number of aromatic amines is 1. The van der Waals surface area contributed by atoms with Crippen LogP contribution in [0.4, 0.5) is 4.39 Å². The number of aryl methyl sites for hydroxylation is 1. The Hall–Kier alpha value is -2.89.